The van der Waals surface area contributed by atoms with Gasteiger partial charge < -0.3 is 14.7 Å². The van der Waals surface area contributed by atoms with E-state index in [0.717, 1.165) is 0 Å². The molecule has 0 fully saturated rings. The van der Waals surface area contributed by atoms with Crippen molar-refractivity contribution in [1.29, 1.82) is 0 Å². The zero-order valence-corrected chi connectivity index (χ0v) is 18.0. The molecule has 0 bridgehead atoms. The highest BCUT2D eigenvalue weighted by Crippen LogP contribution is 2.46. The second-order valence-corrected chi connectivity index (χ2v) is 8.57. The molecule has 0 spiro atoms. The molecule has 154 valence electrons. The van der Waals surface area contributed by atoms with Crippen LogP contribution in [0.4, 0.5) is 5.69 Å². The molecule has 1 N–H and O–H groups in total. The molecule has 0 aromatic heterocycles. The normalized spacial score (nSPS) is 21.8. The third-order valence-electron chi connectivity index (χ3n) is 4.98. The number of halogens is 2. The van der Waals surface area contributed by atoms with Crippen LogP contribution in [0.3, 0.4) is 0 Å². The van der Waals surface area contributed by atoms with Crippen LogP contribution in [-0.2, 0) is 19.9 Å². The second kappa shape index (κ2) is 8.34. The average Bonchev–Trinajstić information content (AvgIpc) is 2.71. The Balaban J connectivity index is 2.29. The summed E-state index contributed by atoms with van der Waals surface area (Å²) < 4.78 is 6.27. The summed E-state index contributed by atoms with van der Waals surface area (Å²) in [6.45, 7) is 6.21. The molecule has 1 aliphatic rings. The van der Waals surface area contributed by atoms with Crippen molar-refractivity contribution in [3.8, 4) is 0 Å². The van der Waals surface area contributed by atoms with Gasteiger partial charge in [0.1, 0.15) is 11.7 Å². The van der Waals surface area contributed by atoms with E-state index >= 15 is 0 Å². The minimum absolute atomic E-state index is 0.164. The van der Waals surface area contributed by atoms with Crippen LogP contribution in [0.25, 0.3) is 0 Å². The number of carboxylic acids is 1. The molecule has 0 radical (unpaired) electrons. The Hall–Kier alpha value is -2.08. The summed E-state index contributed by atoms with van der Waals surface area (Å²) >= 11 is 12.8. The summed E-state index contributed by atoms with van der Waals surface area (Å²) in [5, 5.41) is 10.3. The molecule has 0 saturated carbocycles. The molecule has 0 saturated heterocycles. The molecular weight excluding hydrogens is 413 g/mol. The number of nitrogens with zero attached hydrogens (tertiary/aromatic N) is 1. The van der Waals surface area contributed by atoms with E-state index < -0.39 is 24.1 Å². The smallest absolute Gasteiger partial charge is 0.306 e. The summed E-state index contributed by atoms with van der Waals surface area (Å²) in [5.41, 5.74) is 0.781. The average molecular weight is 436 g/mol. The zero-order valence-electron chi connectivity index (χ0n) is 16.5. The molecule has 1 aliphatic heterocycles. The van der Waals surface area contributed by atoms with Gasteiger partial charge in [-0.3, -0.25) is 9.59 Å². The van der Waals surface area contributed by atoms with Gasteiger partial charge in [-0.2, -0.15) is 0 Å². The van der Waals surface area contributed by atoms with E-state index in [4.69, 9.17) is 27.9 Å². The first-order valence-electron chi connectivity index (χ1n) is 9.39. The van der Waals surface area contributed by atoms with Crippen LogP contribution in [0, 0.1) is 5.92 Å². The van der Waals surface area contributed by atoms with Crippen LogP contribution in [0.5, 0.6) is 0 Å². The van der Waals surface area contributed by atoms with Gasteiger partial charge in [-0.1, -0.05) is 55.2 Å². The SMILES string of the molecule is CC(C)CN1C(=O)C(CC(=O)O)OC(C)(c2ccccc2Cl)c2cc(Cl)ccc21. The number of benzene rings is 2. The molecule has 2 aromatic rings. The van der Waals surface area contributed by atoms with E-state index in [1.165, 1.54) is 0 Å². The Bertz CT molecular complexity index is 946. The topological polar surface area (TPSA) is 66.8 Å². The highest BCUT2D eigenvalue weighted by atomic mass is 35.5. The lowest BCUT2D eigenvalue weighted by Crippen LogP contribution is -2.43. The van der Waals surface area contributed by atoms with Crippen molar-refractivity contribution < 1.29 is 19.4 Å². The Kier molecular flexibility index (Phi) is 6.22. The largest absolute Gasteiger partial charge is 0.481 e. The lowest BCUT2D eigenvalue weighted by Gasteiger charge is -2.33. The van der Waals surface area contributed by atoms with Crippen molar-refractivity contribution in [2.24, 2.45) is 5.92 Å². The van der Waals surface area contributed by atoms with E-state index in [9.17, 15) is 14.7 Å². The van der Waals surface area contributed by atoms with Crippen LogP contribution in [-0.4, -0.2) is 29.6 Å². The van der Waals surface area contributed by atoms with Crippen LogP contribution >= 0.6 is 23.2 Å². The predicted molar refractivity (Wildman–Crippen MR) is 114 cm³/mol. The number of amides is 1. The summed E-state index contributed by atoms with van der Waals surface area (Å²) in [4.78, 5) is 26.4. The number of fused-ring (bicyclic) bond motifs is 1. The lowest BCUT2D eigenvalue weighted by atomic mass is 9.86. The zero-order chi connectivity index (χ0) is 21.3. The first kappa shape index (κ1) is 21.6. The Morgan fingerprint density at radius 2 is 1.90 bits per heavy atom. The standard InChI is InChI=1S/C22H23Cl2NO4/c1-13(2)12-25-18-9-8-14(23)10-16(18)22(3,15-6-4-5-7-17(15)24)29-19(21(25)28)11-20(26)27/h4-10,13,19H,11-12H2,1-3H3,(H,26,27). The number of carboxylic acid groups (broad SMARTS) is 1. The molecule has 3 rings (SSSR count). The van der Waals surface area contributed by atoms with Crippen molar-refractivity contribution in [3.63, 3.8) is 0 Å². The number of hydrogen-bond donors (Lipinski definition) is 1. The van der Waals surface area contributed by atoms with E-state index in [0.29, 0.717) is 33.4 Å². The fourth-order valence-corrected chi connectivity index (χ4v) is 4.20. The second-order valence-electron chi connectivity index (χ2n) is 7.72. The highest BCUT2D eigenvalue weighted by Gasteiger charge is 2.45. The van der Waals surface area contributed by atoms with Gasteiger partial charge in [0.2, 0.25) is 0 Å². The van der Waals surface area contributed by atoms with Gasteiger partial charge >= 0.3 is 5.97 Å². The van der Waals surface area contributed by atoms with Crippen LogP contribution in [0.15, 0.2) is 42.5 Å². The first-order valence-corrected chi connectivity index (χ1v) is 10.1. The number of rotatable bonds is 5. The van der Waals surface area contributed by atoms with Gasteiger partial charge in [0.25, 0.3) is 5.91 Å². The quantitative estimate of drug-likeness (QED) is 0.707. The first-order chi connectivity index (χ1) is 13.6. The number of anilines is 1. The third-order valence-corrected chi connectivity index (χ3v) is 5.54. The molecule has 5 nitrogen and oxygen atoms in total. The maximum absolute atomic E-state index is 13.3. The van der Waals surface area contributed by atoms with Crippen molar-refractivity contribution in [1.82, 2.24) is 0 Å². The number of ether oxygens (including phenoxy) is 1. The molecule has 2 atom stereocenters. The molecule has 1 heterocycles. The number of aliphatic carboxylic acids is 1. The Morgan fingerprint density at radius 1 is 1.21 bits per heavy atom. The van der Waals surface area contributed by atoms with Crippen LogP contribution in [0.1, 0.15) is 38.3 Å². The lowest BCUT2D eigenvalue weighted by molar-refractivity contribution is -0.151. The molecule has 7 heteroatoms. The fourth-order valence-electron chi connectivity index (χ4n) is 3.71. The maximum atomic E-state index is 13.3. The van der Waals surface area contributed by atoms with Crippen LogP contribution < -0.4 is 4.90 Å². The maximum Gasteiger partial charge on any atom is 0.306 e. The van der Waals surface area contributed by atoms with Gasteiger partial charge in [0.05, 0.1) is 12.1 Å². The van der Waals surface area contributed by atoms with E-state index in [2.05, 4.69) is 0 Å². The van der Waals surface area contributed by atoms with Crippen molar-refractivity contribution in [2.75, 3.05) is 11.4 Å². The molecule has 2 unspecified atom stereocenters. The highest BCUT2D eigenvalue weighted by molar-refractivity contribution is 6.31. The Labute approximate surface area is 180 Å². The van der Waals surface area contributed by atoms with Crippen molar-refractivity contribution in [3.05, 3.63) is 63.6 Å². The van der Waals surface area contributed by atoms with Gasteiger partial charge in [-0.25, -0.2) is 0 Å². The Morgan fingerprint density at radius 3 is 2.52 bits per heavy atom. The monoisotopic (exact) mass is 435 g/mol. The summed E-state index contributed by atoms with van der Waals surface area (Å²) in [7, 11) is 0. The number of carbonyl (C=O) groups is 2. The summed E-state index contributed by atoms with van der Waals surface area (Å²) in [6, 6.07) is 12.4. The van der Waals surface area contributed by atoms with Gasteiger partial charge in [0, 0.05) is 27.7 Å². The van der Waals surface area contributed by atoms with Crippen LogP contribution in [0.2, 0.25) is 10.0 Å². The van der Waals surface area contributed by atoms with E-state index in [-0.39, 0.29) is 11.8 Å². The van der Waals surface area contributed by atoms with Crippen molar-refractivity contribution in [2.45, 2.75) is 38.9 Å². The van der Waals surface area contributed by atoms with Gasteiger partial charge in [0.15, 0.2) is 0 Å². The molecule has 29 heavy (non-hydrogen) atoms. The molecule has 1 amide bonds. The van der Waals surface area contributed by atoms with Gasteiger partial charge in [-0.15, -0.1) is 0 Å². The molecule has 0 aliphatic carbocycles. The minimum atomic E-state index is -1.17. The minimum Gasteiger partial charge on any atom is -0.481 e. The van der Waals surface area contributed by atoms with E-state index in [1.807, 2.05) is 26.0 Å². The third kappa shape index (κ3) is 4.27. The van der Waals surface area contributed by atoms with Crippen molar-refractivity contribution >= 4 is 40.8 Å². The summed E-state index contributed by atoms with van der Waals surface area (Å²) in [6.07, 6.45) is -1.62. The number of carbonyl (C=O) groups excluding carboxylic acids is 1. The predicted octanol–water partition coefficient (Wildman–Crippen LogP) is 5.12. The molecular formula is C22H23Cl2NO4. The van der Waals surface area contributed by atoms with Gasteiger partial charge in [-0.05, 0) is 37.1 Å². The fraction of sp³-hybridized carbons (Fsp3) is 0.364. The van der Waals surface area contributed by atoms with E-state index in [1.54, 1.807) is 42.2 Å². The number of hydrogen-bond acceptors (Lipinski definition) is 3. The summed E-state index contributed by atoms with van der Waals surface area (Å²) in [5.74, 6) is -1.34. The molecule has 2 aromatic carbocycles.